The van der Waals surface area contributed by atoms with Crippen LogP contribution in [0, 0.1) is 20.8 Å². The Labute approximate surface area is 173 Å². The number of hydrogen-bond acceptors (Lipinski definition) is 4. The third-order valence-corrected chi connectivity index (χ3v) is 7.18. The summed E-state index contributed by atoms with van der Waals surface area (Å²) in [5.74, 6) is 0.668. The van der Waals surface area contributed by atoms with Gasteiger partial charge in [0.15, 0.2) is 9.84 Å². The van der Waals surface area contributed by atoms with Crippen molar-refractivity contribution in [2.75, 3.05) is 18.8 Å². The Bertz CT molecular complexity index is 939. The SMILES string of the molecule is Cc1ccc(S(=O)(=O)CCC(=O)N2CCC(Oc3c(C)cccc3C)CC2)cc1. The van der Waals surface area contributed by atoms with Gasteiger partial charge in [0, 0.05) is 32.4 Å². The summed E-state index contributed by atoms with van der Waals surface area (Å²) in [6, 6.07) is 12.8. The number of rotatable bonds is 6. The Kier molecular flexibility index (Phi) is 6.63. The highest BCUT2D eigenvalue weighted by atomic mass is 32.2. The van der Waals surface area contributed by atoms with Crippen LogP contribution in [0.2, 0.25) is 0 Å². The van der Waals surface area contributed by atoms with Gasteiger partial charge >= 0.3 is 0 Å². The van der Waals surface area contributed by atoms with Crippen LogP contribution in [-0.4, -0.2) is 44.2 Å². The summed E-state index contributed by atoms with van der Waals surface area (Å²) in [4.78, 5) is 14.6. The number of benzene rings is 2. The average Bonchev–Trinajstić information content (AvgIpc) is 2.70. The van der Waals surface area contributed by atoms with Crippen LogP contribution in [0.3, 0.4) is 0 Å². The summed E-state index contributed by atoms with van der Waals surface area (Å²) in [7, 11) is -3.44. The lowest BCUT2D eigenvalue weighted by molar-refractivity contribution is -0.132. The van der Waals surface area contributed by atoms with Gasteiger partial charge in [-0.1, -0.05) is 35.9 Å². The lowest BCUT2D eigenvalue weighted by atomic mass is 10.1. The van der Waals surface area contributed by atoms with Gasteiger partial charge in [0.2, 0.25) is 5.91 Å². The van der Waals surface area contributed by atoms with E-state index in [0.717, 1.165) is 35.3 Å². The number of hydrogen-bond donors (Lipinski definition) is 0. The Morgan fingerprint density at radius 1 is 1.00 bits per heavy atom. The fourth-order valence-electron chi connectivity index (χ4n) is 3.62. The smallest absolute Gasteiger partial charge is 0.223 e. The molecule has 0 atom stereocenters. The van der Waals surface area contributed by atoms with Crippen LogP contribution in [-0.2, 0) is 14.6 Å². The molecule has 29 heavy (non-hydrogen) atoms. The molecule has 0 spiro atoms. The topological polar surface area (TPSA) is 63.7 Å². The summed E-state index contributed by atoms with van der Waals surface area (Å²) >= 11 is 0. The molecule has 6 heteroatoms. The molecule has 0 unspecified atom stereocenters. The molecule has 1 fully saturated rings. The highest BCUT2D eigenvalue weighted by Crippen LogP contribution is 2.26. The average molecular weight is 416 g/mol. The molecule has 0 N–H and O–H groups in total. The van der Waals surface area contributed by atoms with Gasteiger partial charge in [-0.05, 0) is 44.0 Å². The maximum Gasteiger partial charge on any atom is 0.223 e. The molecule has 0 bridgehead atoms. The van der Waals surface area contributed by atoms with Crippen LogP contribution in [0.4, 0.5) is 0 Å². The van der Waals surface area contributed by atoms with E-state index >= 15 is 0 Å². The monoisotopic (exact) mass is 415 g/mol. The number of para-hydroxylation sites is 1. The molecule has 1 aliphatic heterocycles. The second-order valence-corrected chi connectivity index (χ2v) is 9.91. The summed E-state index contributed by atoms with van der Waals surface area (Å²) in [6.07, 6.45) is 1.60. The Balaban J connectivity index is 1.50. The van der Waals surface area contributed by atoms with E-state index in [-0.39, 0.29) is 29.1 Å². The number of nitrogens with zero attached hydrogens (tertiary/aromatic N) is 1. The predicted molar refractivity (Wildman–Crippen MR) is 114 cm³/mol. The van der Waals surface area contributed by atoms with E-state index in [1.165, 1.54) is 0 Å². The first-order valence-electron chi connectivity index (χ1n) is 10.1. The number of carbonyl (C=O) groups excluding carboxylic acids is 1. The van der Waals surface area contributed by atoms with Crippen LogP contribution in [0.1, 0.15) is 36.0 Å². The number of sulfone groups is 1. The maximum atomic E-state index is 12.5. The third-order valence-electron chi connectivity index (χ3n) is 5.45. The molecule has 0 saturated carbocycles. The molecule has 0 radical (unpaired) electrons. The summed E-state index contributed by atoms with van der Waals surface area (Å²) in [5, 5.41) is 0. The van der Waals surface area contributed by atoms with Gasteiger partial charge in [-0.25, -0.2) is 8.42 Å². The minimum atomic E-state index is -3.44. The molecule has 1 aliphatic rings. The first-order chi connectivity index (χ1) is 13.8. The van der Waals surface area contributed by atoms with E-state index < -0.39 is 9.84 Å². The number of amides is 1. The van der Waals surface area contributed by atoms with E-state index in [1.54, 1.807) is 29.2 Å². The van der Waals surface area contributed by atoms with Crippen LogP contribution in [0.25, 0.3) is 0 Å². The van der Waals surface area contributed by atoms with E-state index in [2.05, 4.69) is 0 Å². The van der Waals surface area contributed by atoms with Crippen molar-refractivity contribution in [2.45, 2.75) is 51.0 Å². The fourth-order valence-corrected chi connectivity index (χ4v) is 4.85. The highest BCUT2D eigenvalue weighted by molar-refractivity contribution is 7.91. The second kappa shape index (κ2) is 8.99. The lowest BCUT2D eigenvalue weighted by Gasteiger charge is -2.33. The largest absolute Gasteiger partial charge is 0.490 e. The third kappa shape index (κ3) is 5.38. The molecule has 0 aliphatic carbocycles. The second-order valence-electron chi connectivity index (χ2n) is 7.80. The van der Waals surface area contributed by atoms with Gasteiger partial charge in [-0.15, -0.1) is 0 Å². The molecular formula is C23H29NO4S. The van der Waals surface area contributed by atoms with Crippen LogP contribution in [0.5, 0.6) is 5.75 Å². The van der Waals surface area contributed by atoms with E-state index in [9.17, 15) is 13.2 Å². The molecule has 156 valence electrons. The normalized spacial score (nSPS) is 15.3. The van der Waals surface area contributed by atoms with Crippen molar-refractivity contribution in [1.29, 1.82) is 0 Å². The van der Waals surface area contributed by atoms with Crippen LogP contribution in [0.15, 0.2) is 47.4 Å². The van der Waals surface area contributed by atoms with E-state index in [0.29, 0.717) is 13.1 Å². The number of piperidine rings is 1. The van der Waals surface area contributed by atoms with E-state index in [1.807, 2.05) is 39.0 Å². The number of likely N-dealkylation sites (tertiary alicyclic amines) is 1. The number of carbonyl (C=O) groups is 1. The Morgan fingerprint density at radius 2 is 1.59 bits per heavy atom. The van der Waals surface area contributed by atoms with Crippen LogP contribution >= 0.6 is 0 Å². The molecule has 2 aromatic carbocycles. The Hall–Kier alpha value is -2.34. The minimum absolute atomic E-state index is 0.0125. The van der Waals surface area contributed by atoms with Crippen molar-refractivity contribution < 1.29 is 17.9 Å². The van der Waals surface area contributed by atoms with Crippen molar-refractivity contribution in [3.8, 4) is 5.75 Å². The molecule has 1 amide bonds. The highest BCUT2D eigenvalue weighted by Gasteiger charge is 2.26. The van der Waals surface area contributed by atoms with Gasteiger partial charge in [0.25, 0.3) is 0 Å². The standard InChI is InChI=1S/C23H29NO4S/c1-17-7-9-21(10-8-17)29(26,27)16-13-22(25)24-14-11-20(12-15-24)28-23-18(2)5-4-6-19(23)3/h4-10,20H,11-16H2,1-3H3. The quantitative estimate of drug-likeness (QED) is 0.719. The molecule has 0 aromatic heterocycles. The summed E-state index contributed by atoms with van der Waals surface area (Å²) in [5.41, 5.74) is 3.24. The molecule has 5 nitrogen and oxygen atoms in total. The zero-order valence-electron chi connectivity index (χ0n) is 17.3. The van der Waals surface area contributed by atoms with E-state index in [4.69, 9.17) is 4.74 Å². The van der Waals surface area contributed by atoms with Crippen molar-refractivity contribution >= 4 is 15.7 Å². The zero-order chi connectivity index (χ0) is 21.0. The first kappa shape index (κ1) is 21.4. The van der Waals surface area contributed by atoms with Crippen molar-refractivity contribution in [2.24, 2.45) is 0 Å². The van der Waals surface area contributed by atoms with Gasteiger partial charge in [0.05, 0.1) is 10.6 Å². The van der Waals surface area contributed by atoms with Gasteiger partial charge in [0.1, 0.15) is 11.9 Å². The zero-order valence-corrected chi connectivity index (χ0v) is 18.2. The molecule has 3 rings (SSSR count). The Morgan fingerprint density at radius 3 is 2.17 bits per heavy atom. The van der Waals surface area contributed by atoms with Gasteiger partial charge < -0.3 is 9.64 Å². The van der Waals surface area contributed by atoms with Gasteiger partial charge in [-0.2, -0.15) is 0 Å². The predicted octanol–water partition coefficient (Wildman–Crippen LogP) is 3.85. The van der Waals surface area contributed by atoms with Crippen LogP contribution < -0.4 is 4.74 Å². The van der Waals surface area contributed by atoms with Gasteiger partial charge in [-0.3, -0.25) is 4.79 Å². The van der Waals surface area contributed by atoms with Crippen molar-refractivity contribution in [3.05, 3.63) is 59.2 Å². The molecule has 2 aromatic rings. The first-order valence-corrected chi connectivity index (χ1v) is 11.7. The fraction of sp³-hybridized carbons (Fsp3) is 0.435. The number of aryl methyl sites for hydroxylation is 3. The molecule has 1 heterocycles. The minimum Gasteiger partial charge on any atom is -0.490 e. The van der Waals surface area contributed by atoms with Crippen molar-refractivity contribution in [1.82, 2.24) is 4.90 Å². The summed E-state index contributed by atoms with van der Waals surface area (Å²) < 4.78 is 31.1. The molecule has 1 saturated heterocycles. The number of ether oxygens (including phenoxy) is 1. The lowest BCUT2D eigenvalue weighted by Crippen LogP contribution is -2.42. The van der Waals surface area contributed by atoms with Crippen molar-refractivity contribution in [3.63, 3.8) is 0 Å². The maximum absolute atomic E-state index is 12.5. The summed E-state index contributed by atoms with van der Waals surface area (Å²) in [6.45, 7) is 7.18. The molecular weight excluding hydrogens is 386 g/mol.